The molecular formula is C14H18ClNO3. The maximum Gasteiger partial charge on any atom is 0.255 e. The van der Waals surface area contributed by atoms with Crippen LogP contribution in [0.4, 0.5) is 0 Å². The van der Waals surface area contributed by atoms with Crippen LogP contribution >= 0.6 is 11.6 Å². The molecule has 2 rings (SSSR count). The summed E-state index contributed by atoms with van der Waals surface area (Å²) in [5, 5.41) is 21.9. The Morgan fingerprint density at radius 3 is 2.89 bits per heavy atom. The molecule has 1 aliphatic rings. The molecule has 0 spiro atoms. The quantitative estimate of drug-likeness (QED) is 0.590. The molecule has 1 aromatic carbocycles. The second-order valence-electron chi connectivity index (χ2n) is 5.04. The number of phenols is 2. The summed E-state index contributed by atoms with van der Waals surface area (Å²) < 4.78 is 0. The molecule has 2 atom stereocenters. The van der Waals surface area contributed by atoms with Crippen LogP contribution < -0.4 is 5.32 Å². The number of alkyl halides is 1. The minimum Gasteiger partial charge on any atom is -0.508 e. The number of nitrogens with one attached hydrogen (secondary N) is 1. The van der Waals surface area contributed by atoms with Gasteiger partial charge in [-0.2, -0.15) is 0 Å². The molecule has 1 aromatic rings. The maximum atomic E-state index is 11.9. The number of carbonyl (C=O) groups is 1. The number of hydrogen-bond donors (Lipinski definition) is 3. The fourth-order valence-corrected chi connectivity index (χ4v) is 2.86. The van der Waals surface area contributed by atoms with Crippen LogP contribution in [-0.4, -0.2) is 28.0 Å². The van der Waals surface area contributed by atoms with Crippen molar-refractivity contribution in [1.82, 2.24) is 5.32 Å². The zero-order valence-corrected chi connectivity index (χ0v) is 11.4. The van der Waals surface area contributed by atoms with Gasteiger partial charge in [0.15, 0.2) is 0 Å². The fraction of sp³-hybridized carbons (Fsp3) is 0.500. The Hall–Kier alpha value is -1.42. The molecule has 104 valence electrons. The highest BCUT2D eigenvalue weighted by Gasteiger charge is 2.21. The number of rotatable bonds is 3. The van der Waals surface area contributed by atoms with Gasteiger partial charge in [-0.15, -0.1) is 11.6 Å². The second kappa shape index (κ2) is 6.15. The van der Waals surface area contributed by atoms with Gasteiger partial charge in [-0.25, -0.2) is 0 Å². The first kappa shape index (κ1) is 14.0. The van der Waals surface area contributed by atoms with Gasteiger partial charge < -0.3 is 15.5 Å². The van der Waals surface area contributed by atoms with Crippen LogP contribution in [0.1, 0.15) is 36.0 Å². The van der Waals surface area contributed by atoms with E-state index in [0.29, 0.717) is 12.5 Å². The Morgan fingerprint density at radius 1 is 1.37 bits per heavy atom. The summed E-state index contributed by atoms with van der Waals surface area (Å²) in [5.74, 6) is -0.152. The average Bonchev–Trinajstić information content (AvgIpc) is 2.39. The normalized spacial score (nSPS) is 23.0. The van der Waals surface area contributed by atoms with Crippen LogP contribution in [0, 0.1) is 5.92 Å². The number of phenolic OH excluding ortho intramolecular Hbond substituents is 2. The number of aromatic hydroxyl groups is 2. The van der Waals surface area contributed by atoms with Crippen molar-refractivity contribution in [2.45, 2.75) is 31.1 Å². The highest BCUT2D eigenvalue weighted by Crippen LogP contribution is 2.27. The molecule has 1 amide bonds. The van der Waals surface area contributed by atoms with Gasteiger partial charge in [0.1, 0.15) is 11.5 Å². The molecule has 0 aliphatic heterocycles. The van der Waals surface area contributed by atoms with E-state index in [4.69, 9.17) is 11.6 Å². The van der Waals surface area contributed by atoms with E-state index >= 15 is 0 Å². The molecule has 1 saturated carbocycles. The second-order valence-corrected chi connectivity index (χ2v) is 5.66. The van der Waals surface area contributed by atoms with Gasteiger partial charge >= 0.3 is 0 Å². The third-order valence-corrected chi connectivity index (χ3v) is 3.89. The van der Waals surface area contributed by atoms with Crippen LogP contribution in [0.25, 0.3) is 0 Å². The monoisotopic (exact) mass is 283 g/mol. The first-order valence-corrected chi connectivity index (χ1v) is 6.94. The molecule has 0 aromatic heterocycles. The lowest BCUT2D eigenvalue weighted by molar-refractivity contribution is 0.0940. The Kier molecular flexibility index (Phi) is 4.53. The molecule has 1 aliphatic carbocycles. The average molecular weight is 284 g/mol. The van der Waals surface area contributed by atoms with Crippen molar-refractivity contribution in [1.29, 1.82) is 0 Å². The molecule has 0 saturated heterocycles. The summed E-state index contributed by atoms with van der Waals surface area (Å²) in [7, 11) is 0. The third kappa shape index (κ3) is 3.77. The maximum absolute atomic E-state index is 11.9. The predicted molar refractivity (Wildman–Crippen MR) is 73.7 cm³/mol. The summed E-state index contributed by atoms with van der Waals surface area (Å²) in [6.07, 6.45) is 4.11. The van der Waals surface area contributed by atoms with Gasteiger partial charge in [-0.05, 0) is 43.4 Å². The van der Waals surface area contributed by atoms with E-state index in [1.54, 1.807) is 0 Å². The van der Waals surface area contributed by atoms with E-state index in [2.05, 4.69) is 5.32 Å². The van der Waals surface area contributed by atoms with Gasteiger partial charge in [0.2, 0.25) is 0 Å². The smallest absolute Gasteiger partial charge is 0.255 e. The summed E-state index contributed by atoms with van der Waals surface area (Å²) >= 11 is 6.10. The number of halogens is 1. The van der Waals surface area contributed by atoms with Crippen molar-refractivity contribution >= 4 is 17.5 Å². The lowest BCUT2D eigenvalue weighted by Crippen LogP contribution is -2.32. The summed E-state index contributed by atoms with van der Waals surface area (Å²) in [6, 6.07) is 3.90. The molecule has 0 heterocycles. The van der Waals surface area contributed by atoms with Crippen LogP contribution in [0.15, 0.2) is 18.2 Å². The lowest BCUT2D eigenvalue weighted by Gasteiger charge is -2.25. The van der Waals surface area contributed by atoms with E-state index in [-0.39, 0.29) is 28.3 Å². The molecule has 19 heavy (non-hydrogen) atoms. The summed E-state index contributed by atoms with van der Waals surface area (Å²) in [6.45, 7) is 0.553. The molecule has 4 nitrogen and oxygen atoms in total. The first-order chi connectivity index (χ1) is 9.06. The summed E-state index contributed by atoms with van der Waals surface area (Å²) in [4.78, 5) is 11.9. The van der Waals surface area contributed by atoms with Crippen LogP contribution in [-0.2, 0) is 0 Å². The van der Waals surface area contributed by atoms with Gasteiger partial charge in [-0.3, -0.25) is 4.79 Å². The van der Waals surface area contributed by atoms with Crippen molar-refractivity contribution < 1.29 is 15.0 Å². The lowest BCUT2D eigenvalue weighted by atomic mass is 9.89. The molecule has 1 fully saturated rings. The molecular weight excluding hydrogens is 266 g/mol. The Bertz CT molecular complexity index is 464. The molecule has 2 unspecified atom stereocenters. The van der Waals surface area contributed by atoms with Crippen molar-refractivity contribution in [3.63, 3.8) is 0 Å². The SMILES string of the molecule is O=C(NCC1CCCC(Cl)C1)c1cc(O)ccc1O. The summed E-state index contributed by atoms with van der Waals surface area (Å²) in [5.41, 5.74) is 0.0956. The standard InChI is InChI=1S/C14H18ClNO3/c15-10-3-1-2-9(6-10)8-16-14(19)12-7-11(17)4-5-13(12)18/h4-5,7,9-10,17-18H,1-3,6,8H2,(H,16,19). The number of carbonyl (C=O) groups excluding carboxylic acids is 1. The van der Waals surface area contributed by atoms with E-state index in [0.717, 1.165) is 25.7 Å². The van der Waals surface area contributed by atoms with Crippen molar-refractivity contribution in [3.05, 3.63) is 23.8 Å². The topological polar surface area (TPSA) is 69.6 Å². The first-order valence-electron chi connectivity index (χ1n) is 6.50. The van der Waals surface area contributed by atoms with Gasteiger partial charge in [0.25, 0.3) is 5.91 Å². The van der Waals surface area contributed by atoms with Gasteiger partial charge in [-0.1, -0.05) is 6.42 Å². The Morgan fingerprint density at radius 2 is 2.16 bits per heavy atom. The number of benzene rings is 1. The number of amides is 1. The predicted octanol–water partition coefficient (Wildman–Crippen LogP) is 2.63. The van der Waals surface area contributed by atoms with Gasteiger partial charge in [0, 0.05) is 11.9 Å². The highest BCUT2D eigenvalue weighted by atomic mass is 35.5. The van der Waals surface area contributed by atoms with E-state index < -0.39 is 0 Å². The zero-order valence-electron chi connectivity index (χ0n) is 10.6. The van der Waals surface area contributed by atoms with Crippen LogP contribution in [0.3, 0.4) is 0 Å². The Balaban J connectivity index is 1.92. The molecule has 0 bridgehead atoms. The molecule has 0 radical (unpaired) electrons. The van der Waals surface area contributed by atoms with E-state index in [9.17, 15) is 15.0 Å². The minimum atomic E-state index is -0.370. The zero-order chi connectivity index (χ0) is 13.8. The number of hydrogen-bond acceptors (Lipinski definition) is 3. The van der Waals surface area contributed by atoms with Crippen molar-refractivity contribution in [2.75, 3.05) is 6.54 Å². The van der Waals surface area contributed by atoms with E-state index in [1.165, 1.54) is 18.2 Å². The van der Waals surface area contributed by atoms with Crippen molar-refractivity contribution in [3.8, 4) is 11.5 Å². The van der Waals surface area contributed by atoms with Crippen molar-refractivity contribution in [2.24, 2.45) is 5.92 Å². The fourth-order valence-electron chi connectivity index (χ4n) is 2.45. The largest absolute Gasteiger partial charge is 0.508 e. The molecule has 3 N–H and O–H groups in total. The minimum absolute atomic E-state index is 0.0403. The Labute approximate surface area is 117 Å². The molecule has 5 heteroatoms. The highest BCUT2D eigenvalue weighted by molar-refractivity contribution is 6.20. The van der Waals surface area contributed by atoms with Crippen LogP contribution in [0.5, 0.6) is 11.5 Å². The van der Waals surface area contributed by atoms with Crippen LogP contribution in [0.2, 0.25) is 0 Å². The van der Waals surface area contributed by atoms with Gasteiger partial charge in [0.05, 0.1) is 5.56 Å². The van der Waals surface area contributed by atoms with E-state index in [1.807, 2.05) is 0 Å². The third-order valence-electron chi connectivity index (χ3n) is 3.49.